The van der Waals surface area contributed by atoms with Gasteiger partial charge in [0, 0.05) is 24.2 Å². The average Bonchev–Trinajstić information content (AvgIpc) is 2.51. The number of fused-ring (bicyclic) bond motifs is 1. The Labute approximate surface area is 131 Å². The van der Waals surface area contributed by atoms with Crippen LogP contribution in [0.15, 0.2) is 31.4 Å². The lowest BCUT2D eigenvalue weighted by Gasteiger charge is -2.31. The number of anilines is 1. The molecular weight excluding hydrogens is 276 g/mol. The molecule has 0 saturated carbocycles. The Balaban J connectivity index is 2.59. The van der Waals surface area contributed by atoms with Crippen molar-refractivity contribution in [3.8, 4) is 11.8 Å². The largest absolute Gasteiger partial charge is 0.507 e. The van der Waals surface area contributed by atoms with Crippen molar-refractivity contribution in [1.82, 2.24) is 0 Å². The summed E-state index contributed by atoms with van der Waals surface area (Å²) in [7, 11) is 0. The van der Waals surface area contributed by atoms with Crippen molar-refractivity contribution in [2.45, 2.75) is 32.1 Å². The number of carbonyl (C=O) groups excluding carboxylic acids is 1. The summed E-state index contributed by atoms with van der Waals surface area (Å²) < 4.78 is 0. The highest BCUT2D eigenvalue weighted by Gasteiger charge is 2.28. The van der Waals surface area contributed by atoms with Crippen LogP contribution >= 0.6 is 0 Å². The van der Waals surface area contributed by atoms with Crippen LogP contribution in [-0.2, 0) is 24.1 Å². The average molecular weight is 296 g/mol. The smallest absolute Gasteiger partial charge is 0.227 e. The van der Waals surface area contributed by atoms with Crippen molar-refractivity contribution in [1.29, 1.82) is 5.26 Å². The van der Waals surface area contributed by atoms with Crippen molar-refractivity contribution in [3.05, 3.63) is 48.1 Å². The fraction of sp³-hybridized carbons (Fsp3) is 0.333. The molecule has 0 saturated heterocycles. The molecular formula is C18H20N2O2. The number of allylic oxidation sites excluding steroid dienone is 2. The number of phenols is 1. The van der Waals surface area contributed by atoms with Gasteiger partial charge in [0.25, 0.3) is 0 Å². The van der Waals surface area contributed by atoms with E-state index in [1.54, 1.807) is 17.1 Å². The summed E-state index contributed by atoms with van der Waals surface area (Å²) in [6.07, 6.45) is 5.88. The molecule has 0 aromatic heterocycles. The lowest BCUT2D eigenvalue weighted by molar-refractivity contribution is -0.118. The summed E-state index contributed by atoms with van der Waals surface area (Å²) in [5.41, 5.74) is 3.39. The fourth-order valence-electron chi connectivity index (χ4n) is 2.92. The predicted octanol–water partition coefficient (Wildman–Crippen LogP) is 3.04. The molecule has 1 aromatic carbocycles. The van der Waals surface area contributed by atoms with Crippen molar-refractivity contribution >= 4 is 11.6 Å². The molecule has 4 heteroatoms. The monoisotopic (exact) mass is 296 g/mol. The van der Waals surface area contributed by atoms with Gasteiger partial charge < -0.3 is 10.0 Å². The fourth-order valence-corrected chi connectivity index (χ4v) is 2.92. The Hall–Kier alpha value is -2.54. The van der Waals surface area contributed by atoms with Gasteiger partial charge in [-0.1, -0.05) is 12.2 Å². The lowest BCUT2D eigenvalue weighted by Crippen LogP contribution is -2.36. The van der Waals surface area contributed by atoms with Gasteiger partial charge in [0.1, 0.15) is 5.75 Å². The molecule has 1 aliphatic heterocycles. The van der Waals surface area contributed by atoms with Crippen molar-refractivity contribution < 1.29 is 9.90 Å². The highest BCUT2D eigenvalue weighted by atomic mass is 16.3. The zero-order valence-electron chi connectivity index (χ0n) is 12.6. The van der Waals surface area contributed by atoms with E-state index in [4.69, 9.17) is 5.26 Å². The first-order valence-corrected chi connectivity index (χ1v) is 7.39. The standard InChI is InChI=1S/C18H20N2O2/c1-3-6-13-12-16-14(15(7-4-2)18(13)22)8-9-17(21)20(16)11-5-10-19/h3-4,12,22H,1-2,5-9,11H2. The van der Waals surface area contributed by atoms with Gasteiger partial charge >= 0.3 is 0 Å². The van der Waals surface area contributed by atoms with Crippen LogP contribution < -0.4 is 4.90 Å². The second-order valence-corrected chi connectivity index (χ2v) is 5.30. The summed E-state index contributed by atoms with van der Waals surface area (Å²) in [5.74, 6) is 0.302. The number of hydrogen-bond donors (Lipinski definition) is 1. The lowest BCUT2D eigenvalue weighted by atomic mass is 9.90. The second-order valence-electron chi connectivity index (χ2n) is 5.30. The topological polar surface area (TPSA) is 64.3 Å². The Morgan fingerprint density at radius 3 is 2.68 bits per heavy atom. The highest BCUT2D eigenvalue weighted by molar-refractivity contribution is 5.97. The number of phenolic OH excluding ortho intramolecular Hbond substituents is 1. The van der Waals surface area contributed by atoms with Gasteiger partial charge in [-0.15, -0.1) is 13.2 Å². The molecule has 1 heterocycles. The van der Waals surface area contributed by atoms with Crippen LogP contribution in [0.1, 0.15) is 29.5 Å². The minimum atomic E-state index is 0.0301. The molecule has 1 aromatic rings. The highest BCUT2D eigenvalue weighted by Crippen LogP contribution is 2.38. The molecule has 2 rings (SSSR count). The van der Waals surface area contributed by atoms with E-state index in [0.29, 0.717) is 38.6 Å². The van der Waals surface area contributed by atoms with Crippen LogP contribution in [0, 0.1) is 11.3 Å². The minimum absolute atomic E-state index is 0.0301. The maximum absolute atomic E-state index is 12.2. The summed E-state index contributed by atoms with van der Waals surface area (Å²) in [5, 5.41) is 19.3. The molecule has 0 radical (unpaired) electrons. The molecule has 0 atom stereocenters. The molecule has 0 fully saturated rings. The number of nitriles is 1. The first kappa shape index (κ1) is 15.8. The van der Waals surface area contributed by atoms with Gasteiger partial charge in [-0.3, -0.25) is 4.79 Å². The van der Waals surface area contributed by atoms with Crippen LogP contribution in [0.3, 0.4) is 0 Å². The number of benzene rings is 1. The van der Waals surface area contributed by atoms with Crippen LogP contribution in [0.2, 0.25) is 0 Å². The second kappa shape index (κ2) is 6.95. The third kappa shape index (κ3) is 2.89. The zero-order chi connectivity index (χ0) is 16.1. The van der Waals surface area contributed by atoms with E-state index in [1.807, 2.05) is 6.07 Å². The molecule has 0 aliphatic carbocycles. The number of rotatable bonds is 6. The Bertz CT molecular complexity index is 656. The summed E-state index contributed by atoms with van der Waals surface area (Å²) >= 11 is 0. The summed E-state index contributed by atoms with van der Waals surface area (Å²) in [6, 6.07) is 3.94. The van der Waals surface area contributed by atoms with E-state index in [0.717, 1.165) is 22.4 Å². The van der Waals surface area contributed by atoms with Crippen molar-refractivity contribution in [3.63, 3.8) is 0 Å². The van der Waals surface area contributed by atoms with Crippen LogP contribution in [0.4, 0.5) is 5.69 Å². The van der Waals surface area contributed by atoms with Crippen molar-refractivity contribution in [2.24, 2.45) is 0 Å². The van der Waals surface area contributed by atoms with Gasteiger partial charge in [0.2, 0.25) is 5.91 Å². The zero-order valence-corrected chi connectivity index (χ0v) is 12.6. The molecule has 4 nitrogen and oxygen atoms in total. The Kier molecular flexibility index (Phi) is 5.00. The van der Waals surface area contributed by atoms with Gasteiger partial charge in [-0.2, -0.15) is 5.26 Å². The summed E-state index contributed by atoms with van der Waals surface area (Å²) in [6.45, 7) is 7.85. The maximum atomic E-state index is 12.2. The van der Waals surface area contributed by atoms with E-state index in [1.165, 1.54) is 0 Å². The molecule has 0 bridgehead atoms. The van der Waals surface area contributed by atoms with Crippen LogP contribution in [0.5, 0.6) is 5.75 Å². The molecule has 0 unspecified atom stereocenters. The van der Waals surface area contributed by atoms with E-state index >= 15 is 0 Å². The number of amides is 1. The van der Waals surface area contributed by atoms with Gasteiger partial charge in [0.15, 0.2) is 0 Å². The first-order valence-electron chi connectivity index (χ1n) is 7.39. The quantitative estimate of drug-likeness (QED) is 0.821. The van der Waals surface area contributed by atoms with Gasteiger partial charge in [0.05, 0.1) is 12.5 Å². The molecule has 22 heavy (non-hydrogen) atoms. The van der Waals surface area contributed by atoms with Crippen molar-refractivity contribution in [2.75, 3.05) is 11.4 Å². The third-order valence-electron chi connectivity index (χ3n) is 3.92. The van der Waals surface area contributed by atoms with E-state index < -0.39 is 0 Å². The maximum Gasteiger partial charge on any atom is 0.227 e. The minimum Gasteiger partial charge on any atom is -0.507 e. The number of nitrogens with zero attached hydrogens (tertiary/aromatic N) is 2. The van der Waals surface area contributed by atoms with E-state index in [9.17, 15) is 9.90 Å². The normalized spacial score (nSPS) is 13.4. The SMILES string of the molecule is C=CCc1cc2c(c(CC=C)c1O)CCC(=O)N2CCC#N. The molecule has 0 spiro atoms. The Morgan fingerprint density at radius 2 is 2.05 bits per heavy atom. The number of carbonyl (C=O) groups is 1. The van der Waals surface area contributed by atoms with E-state index in [-0.39, 0.29) is 11.7 Å². The van der Waals surface area contributed by atoms with Gasteiger partial charge in [-0.25, -0.2) is 0 Å². The molecule has 114 valence electrons. The number of aromatic hydroxyl groups is 1. The molecule has 1 aliphatic rings. The van der Waals surface area contributed by atoms with E-state index in [2.05, 4.69) is 19.2 Å². The van der Waals surface area contributed by atoms with Crippen LogP contribution in [0.25, 0.3) is 0 Å². The molecule has 1 N–H and O–H groups in total. The van der Waals surface area contributed by atoms with Crippen LogP contribution in [-0.4, -0.2) is 17.6 Å². The Morgan fingerprint density at radius 1 is 1.32 bits per heavy atom. The summed E-state index contributed by atoms with van der Waals surface area (Å²) in [4.78, 5) is 13.9. The predicted molar refractivity (Wildman–Crippen MR) is 86.8 cm³/mol. The third-order valence-corrected chi connectivity index (χ3v) is 3.92. The van der Waals surface area contributed by atoms with Gasteiger partial charge in [-0.05, 0) is 36.5 Å². The first-order chi connectivity index (χ1) is 10.6. The molecule has 1 amide bonds. The number of hydrogen-bond acceptors (Lipinski definition) is 3.